The number of amides is 1. The maximum atomic E-state index is 13.1. The molecule has 4 heterocycles. The van der Waals surface area contributed by atoms with Crippen molar-refractivity contribution in [3.8, 4) is 6.07 Å². The van der Waals surface area contributed by atoms with E-state index in [4.69, 9.17) is 5.26 Å². The average molecular weight is 431 g/mol. The predicted molar refractivity (Wildman–Crippen MR) is 97.3 cm³/mol. The molecular formula is C18H9F4N7O2. The zero-order chi connectivity index (χ0) is 22.3. The van der Waals surface area contributed by atoms with Gasteiger partial charge in [0.1, 0.15) is 35.6 Å². The highest BCUT2D eigenvalue weighted by Crippen LogP contribution is 2.28. The summed E-state index contributed by atoms with van der Waals surface area (Å²) in [5, 5.41) is 15.1. The van der Waals surface area contributed by atoms with Gasteiger partial charge in [0, 0.05) is 6.07 Å². The molecule has 0 aliphatic rings. The molecule has 13 heteroatoms. The SMILES string of the molecule is N#Cc1cc2n(CC(=O)Nc3ccc(F)cn3)c(=O)c3ccc(C(F)(F)F)nc3n2n1. The van der Waals surface area contributed by atoms with E-state index in [2.05, 4.69) is 20.4 Å². The molecule has 0 aliphatic carbocycles. The Morgan fingerprint density at radius 2 is 2.00 bits per heavy atom. The number of carbonyl (C=O) groups is 1. The van der Waals surface area contributed by atoms with Gasteiger partial charge < -0.3 is 5.32 Å². The smallest absolute Gasteiger partial charge is 0.309 e. The van der Waals surface area contributed by atoms with Crippen LogP contribution in [0.5, 0.6) is 0 Å². The standard InChI is InChI=1S/C18H9F4N7O2/c19-9-1-4-13(24-7-9)26-14(30)8-28-15-5-10(6-23)27-29(15)16-11(17(28)31)2-3-12(25-16)18(20,21)22/h1-5,7H,8H2,(H,24,26,30). The number of carbonyl (C=O) groups excluding carboxylic acids is 1. The summed E-state index contributed by atoms with van der Waals surface area (Å²) in [4.78, 5) is 32.5. The number of hydrogen-bond acceptors (Lipinski definition) is 6. The van der Waals surface area contributed by atoms with Gasteiger partial charge in [0.15, 0.2) is 11.3 Å². The molecule has 0 unspecified atom stereocenters. The minimum Gasteiger partial charge on any atom is -0.309 e. The van der Waals surface area contributed by atoms with Gasteiger partial charge in [-0.15, -0.1) is 0 Å². The number of nitriles is 1. The molecule has 0 aliphatic heterocycles. The van der Waals surface area contributed by atoms with E-state index in [0.29, 0.717) is 6.07 Å². The lowest BCUT2D eigenvalue weighted by atomic mass is 10.2. The fourth-order valence-electron chi connectivity index (χ4n) is 2.89. The molecule has 31 heavy (non-hydrogen) atoms. The summed E-state index contributed by atoms with van der Waals surface area (Å²) >= 11 is 0. The molecule has 4 rings (SSSR count). The van der Waals surface area contributed by atoms with Gasteiger partial charge in [-0.05, 0) is 24.3 Å². The van der Waals surface area contributed by atoms with E-state index in [-0.39, 0.29) is 22.5 Å². The van der Waals surface area contributed by atoms with Crippen LogP contribution in [0, 0.1) is 17.1 Å². The topological polar surface area (TPSA) is 118 Å². The van der Waals surface area contributed by atoms with Gasteiger partial charge in [-0.25, -0.2) is 14.4 Å². The monoisotopic (exact) mass is 431 g/mol. The Morgan fingerprint density at radius 3 is 2.65 bits per heavy atom. The molecular weight excluding hydrogens is 422 g/mol. The number of nitrogens with zero attached hydrogens (tertiary/aromatic N) is 6. The van der Waals surface area contributed by atoms with Gasteiger partial charge in [-0.3, -0.25) is 14.2 Å². The van der Waals surface area contributed by atoms with Gasteiger partial charge in [0.2, 0.25) is 5.91 Å². The summed E-state index contributed by atoms with van der Waals surface area (Å²) in [6.07, 6.45) is -3.88. The van der Waals surface area contributed by atoms with E-state index in [1.807, 2.05) is 0 Å². The Kier molecular flexibility index (Phi) is 4.61. The molecule has 0 radical (unpaired) electrons. The Morgan fingerprint density at radius 1 is 1.23 bits per heavy atom. The molecule has 4 aromatic rings. The number of nitrogens with one attached hydrogen (secondary N) is 1. The van der Waals surface area contributed by atoms with E-state index in [1.54, 1.807) is 6.07 Å². The minimum absolute atomic E-state index is 0.0268. The molecule has 1 amide bonds. The van der Waals surface area contributed by atoms with E-state index >= 15 is 0 Å². The highest BCUT2D eigenvalue weighted by Gasteiger charge is 2.33. The van der Waals surface area contributed by atoms with Crippen LogP contribution in [0.25, 0.3) is 16.7 Å². The number of anilines is 1. The third-order valence-electron chi connectivity index (χ3n) is 4.22. The highest BCUT2D eigenvalue weighted by atomic mass is 19.4. The van der Waals surface area contributed by atoms with Crippen LogP contribution in [-0.4, -0.2) is 30.1 Å². The Balaban J connectivity index is 1.84. The fraction of sp³-hybridized carbons (Fsp3) is 0.111. The largest absolute Gasteiger partial charge is 0.433 e. The molecule has 0 bridgehead atoms. The van der Waals surface area contributed by atoms with Gasteiger partial charge in [-0.1, -0.05) is 0 Å². The van der Waals surface area contributed by atoms with Crippen molar-refractivity contribution in [3.63, 3.8) is 0 Å². The first-order valence-corrected chi connectivity index (χ1v) is 8.49. The summed E-state index contributed by atoms with van der Waals surface area (Å²) in [6, 6.07) is 6.72. The van der Waals surface area contributed by atoms with Crippen molar-refractivity contribution in [2.75, 3.05) is 5.32 Å². The van der Waals surface area contributed by atoms with Crippen LogP contribution in [0.3, 0.4) is 0 Å². The van der Waals surface area contributed by atoms with E-state index in [1.165, 1.54) is 6.07 Å². The zero-order valence-electron chi connectivity index (χ0n) is 15.2. The lowest BCUT2D eigenvalue weighted by Crippen LogP contribution is -2.30. The first-order chi connectivity index (χ1) is 14.7. The van der Waals surface area contributed by atoms with Crippen molar-refractivity contribution in [2.24, 2.45) is 0 Å². The molecule has 0 aromatic carbocycles. The summed E-state index contributed by atoms with van der Waals surface area (Å²) in [6.45, 7) is -0.574. The number of fused-ring (bicyclic) bond motifs is 3. The first kappa shape index (κ1) is 20.0. The van der Waals surface area contributed by atoms with Crippen molar-refractivity contribution in [1.29, 1.82) is 5.26 Å². The fourth-order valence-corrected chi connectivity index (χ4v) is 2.89. The quantitative estimate of drug-likeness (QED) is 0.497. The number of aromatic nitrogens is 5. The van der Waals surface area contributed by atoms with Gasteiger partial charge in [-0.2, -0.15) is 28.0 Å². The third kappa shape index (κ3) is 3.66. The Bertz CT molecular complexity index is 1430. The van der Waals surface area contributed by atoms with Crippen molar-refractivity contribution in [3.05, 3.63) is 64.1 Å². The summed E-state index contributed by atoms with van der Waals surface area (Å²) < 4.78 is 54.0. The van der Waals surface area contributed by atoms with Crippen LogP contribution >= 0.6 is 0 Å². The molecule has 0 atom stereocenters. The van der Waals surface area contributed by atoms with Crippen LogP contribution in [0.4, 0.5) is 23.4 Å². The average Bonchev–Trinajstić information content (AvgIpc) is 3.16. The highest BCUT2D eigenvalue weighted by molar-refractivity contribution is 5.90. The normalized spacial score (nSPS) is 11.6. The van der Waals surface area contributed by atoms with Crippen LogP contribution in [0.2, 0.25) is 0 Å². The molecule has 156 valence electrons. The van der Waals surface area contributed by atoms with Crippen LogP contribution in [0.15, 0.2) is 41.3 Å². The summed E-state index contributed by atoms with van der Waals surface area (Å²) in [5.74, 6) is -1.31. The molecule has 9 nitrogen and oxygen atoms in total. The minimum atomic E-state index is -4.76. The lowest BCUT2D eigenvalue weighted by molar-refractivity contribution is -0.141. The van der Waals surface area contributed by atoms with Gasteiger partial charge in [0.25, 0.3) is 5.56 Å². The number of alkyl halides is 3. The van der Waals surface area contributed by atoms with Gasteiger partial charge >= 0.3 is 6.18 Å². The Hall–Kier alpha value is -4.34. The van der Waals surface area contributed by atoms with Crippen LogP contribution in [0.1, 0.15) is 11.4 Å². The summed E-state index contributed by atoms with van der Waals surface area (Å²) in [7, 11) is 0. The van der Waals surface area contributed by atoms with Crippen molar-refractivity contribution < 1.29 is 22.4 Å². The summed E-state index contributed by atoms with van der Waals surface area (Å²) in [5.41, 5.74) is -2.76. The van der Waals surface area contributed by atoms with Gasteiger partial charge in [0.05, 0.1) is 11.6 Å². The number of halogens is 4. The van der Waals surface area contributed by atoms with Crippen LogP contribution < -0.4 is 10.9 Å². The van der Waals surface area contributed by atoms with Crippen molar-refractivity contribution in [1.82, 2.24) is 24.1 Å². The van der Waals surface area contributed by atoms with Crippen molar-refractivity contribution in [2.45, 2.75) is 12.7 Å². The molecule has 0 saturated carbocycles. The molecule has 0 spiro atoms. The zero-order valence-corrected chi connectivity index (χ0v) is 15.2. The van der Waals surface area contributed by atoms with E-state index in [0.717, 1.165) is 33.5 Å². The third-order valence-corrected chi connectivity index (χ3v) is 4.22. The lowest BCUT2D eigenvalue weighted by Gasteiger charge is -2.12. The van der Waals surface area contributed by atoms with Crippen molar-refractivity contribution >= 4 is 28.4 Å². The predicted octanol–water partition coefficient (Wildman–Crippen LogP) is 2.11. The Labute approximate surface area is 169 Å². The number of hydrogen-bond donors (Lipinski definition) is 1. The van der Waals surface area contributed by atoms with E-state index in [9.17, 15) is 27.2 Å². The number of rotatable bonds is 3. The second-order valence-corrected chi connectivity index (χ2v) is 6.28. The van der Waals surface area contributed by atoms with E-state index < -0.39 is 41.3 Å². The molecule has 4 aromatic heterocycles. The second-order valence-electron chi connectivity index (χ2n) is 6.28. The molecule has 0 fully saturated rings. The maximum absolute atomic E-state index is 13.1. The maximum Gasteiger partial charge on any atom is 0.433 e. The molecule has 0 saturated heterocycles. The molecule has 1 N–H and O–H groups in total. The first-order valence-electron chi connectivity index (χ1n) is 8.49. The van der Waals surface area contributed by atoms with Crippen LogP contribution in [-0.2, 0) is 17.5 Å². The number of pyridine rings is 2. The second kappa shape index (κ2) is 7.17.